The molecule has 61 heavy (non-hydrogen) atoms. The fraction of sp³-hybridized carbons (Fsp3) is 0.0847. The van der Waals surface area contributed by atoms with Crippen LogP contribution in [0.3, 0.4) is 0 Å². The molecule has 1 atom stereocenters. The predicted molar refractivity (Wildman–Crippen MR) is 260 cm³/mol. The molecular formula is C59H43NS. The summed E-state index contributed by atoms with van der Waals surface area (Å²) in [5.41, 5.74) is 20.0. The Morgan fingerprint density at radius 3 is 1.69 bits per heavy atom. The molecule has 0 saturated carbocycles. The second-order valence-electron chi connectivity index (χ2n) is 17.4. The van der Waals surface area contributed by atoms with Crippen molar-refractivity contribution < 1.29 is 0 Å². The number of fused-ring (bicyclic) bond motifs is 9. The number of thiophene rings is 1. The van der Waals surface area contributed by atoms with E-state index in [2.05, 4.69) is 232 Å². The van der Waals surface area contributed by atoms with Gasteiger partial charge in [-0.05, 0) is 134 Å². The van der Waals surface area contributed by atoms with Crippen molar-refractivity contribution in [2.75, 3.05) is 4.90 Å². The molecule has 1 nitrogen and oxygen atoms in total. The fourth-order valence-corrected chi connectivity index (χ4v) is 11.8. The lowest BCUT2D eigenvalue weighted by Crippen LogP contribution is -2.22. The van der Waals surface area contributed by atoms with Gasteiger partial charge in [0.2, 0.25) is 0 Å². The molecule has 1 unspecified atom stereocenters. The lowest BCUT2D eigenvalue weighted by atomic mass is 9.74. The number of anilines is 3. The lowest BCUT2D eigenvalue weighted by molar-refractivity contribution is 0.662. The molecular weight excluding hydrogens is 755 g/mol. The van der Waals surface area contributed by atoms with E-state index in [1.54, 1.807) is 0 Å². The van der Waals surface area contributed by atoms with Crippen molar-refractivity contribution in [3.8, 4) is 44.5 Å². The van der Waals surface area contributed by atoms with Gasteiger partial charge in [-0.15, -0.1) is 11.3 Å². The molecule has 12 rings (SSSR count). The van der Waals surface area contributed by atoms with Crippen molar-refractivity contribution in [1.29, 1.82) is 0 Å². The van der Waals surface area contributed by atoms with Gasteiger partial charge in [0.15, 0.2) is 0 Å². The van der Waals surface area contributed by atoms with Crippen LogP contribution in [0.15, 0.2) is 206 Å². The van der Waals surface area contributed by atoms with Crippen LogP contribution in [0.5, 0.6) is 0 Å². The van der Waals surface area contributed by atoms with Crippen molar-refractivity contribution in [2.24, 2.45) is 0 Å². The molecule has 0 amide bonds. The first-order chi connectivity index (χ1) is 29.9. The lowest BCUT2D eigenvalue weighted by Gasteiger charge is -2.31. The minimum Gasteiger partial charge on any atom is -0.310 e. The van der Waals surface area contributed by atoms with Gasteiger partial charge in [-0.1, -0.05) is 166 Å². The van der Waals surface area contributed by atoms with Gasteiger partial charge in [-0.2, -0.15) is 0 Å². The molecule has 2 aliphatic rings. The number of nitrogens with zero attached hydrogens (tertiary/aromatic N) is 1. The Morgan fingerprint density at radius 2 is 0.918 bits per heavy atom. The zero-order chi connectivity index (χ0) is 40.9. The summed E-state index contributed by atoms with van der Waals surface area (Å²) in [6.45, 7) is 7.14. The van der Waals surface area contributed by atoms with E-state index in [0.717, 1.165) is 17.1 Å². The predicted octanol–water partition coefficient (Wildman–Crippen LogP) is 16.5. The van der Waals surface area contributed by atoms with Crippen molar-refractivity contribution in [3.05, 3.63) is 234 Å². The van der Waals surface area contributed by atoms with Crippen LogP contribution < -0.4 is 4.90 Å². The van der Waals surface area contributed by atoms with Gasteiger partial charge < -0.3 is 4.90 Å². The van der Waals surface area contributed by atoms with Gasteiger partial charge in [0.05, 0.1) is 0 Å². The Balaban J connectivity index is 0.991. The second kappa shape index (κ2) is 13.5. The third-order valence-electron chi connectivity index (χ3n) is 13.8. The molecule has 0 aliphatic heterocycles. The molecule has 0 fully saturated rings. The minimum absolute atomic E-state index is 0.0938. The molecule has 2 heteroatoms. The highest BCUT2D eigenvalue weighted by atomic mass is 32.1. The van der Waals surface area contributed by atoms with Gasteiger partial charge in [0, 0.05) is 48.1 Å². The van der Waals surface area contributed by atoms with Gasteiger partial charge in [0.1, 0.15) is 0 Å². The van der Waals surface area contributed by atoms with Crippen LogP contribution in [0.1, 0.15) is 48.6 Å². The Morgan fingerprint density at radius 1 is 0.361 bits per heavy atom. The normalized spacial score (nSPS) is 15.7. The molecule has 0 radical (unpaired) electrons. The maximum atomic E-state index is 2.45. The van der Waals surface area contributed by atoms with E-state index >= 15 is 0 Å². The zero-order valence-electron chi connectivity index (χ0n) is 34.5. The maximum absolute atomic E-state index is 2.45. The average molecular weight is 798 g/mol. The van der Waals surface area contributed by atoms with E-state index in [9.17, 15) is 0 Å². The molecule has 0 bridgehead atoms. The van der Waals surface area contributed by atoms with E-state index in [0.29, 0.717) is 0 Å². The summed E-state index contributed by atoms with van der Waals surface area (Å²) < 4.78 is 2.66. The largest absolute Gasteiger partial charge is 0.310 e. The van der Waals surface area contributed by atoms with E-state index < -0.39 is 0 Å². The molecule has 0 spiro atoms. The third kappa shape index (κ3) is 5.38. The Labute approximate surface area is 361 Å². The van der Waals surface area contributed by atoms with Crippen LogP contribution in [0.25, 0.3) is 64.7 Å². The fourth-order valence-electron chi connectivity index (χ4n) is 10.7. The van der Waals surface area contributed by atoms with Crippen LogP contribution in [0, 0.1) is 0 Å². The standard InChI is InChI=1S/C59H43NS/c1-58(2)52-21-10-7-17-47(52)50-20-13-19-45(57(50)58)39-26-31-43(32-27-39)60(42-29-24-38(25-30-42)40-28-35-56-51(36-40)49-18-9-12-23-55(49)61-56)44-33-34-48-46-16-8-11-22-53(46)59(3,54(48)37-44)41-14-5-4-6-15-41/h4-37H,1-3H3. The smallest absolute Gasteiger partial charge is 0.0465 e. The first kappa shape index (κ1) is 35.9. The first-order valence-corrected chi connectivity index (χ1v) is 22.2. The second-order valence-corrected chi connectivity index (χ2v) is 18.5. The monoisotopic (exact) mass is 797 g/mol. The Hall–Kier alpha value is -7.00. The Bertz CT molecular complexity index is 3340. The molecule has 0 N–H and O–H groups in total. The van der Waals surface area contributed by atoms with Crippen LogP contribution in [-0.4, -0.2) is 0 Å². The number of benzene rings is 9. The Kier molecular flexibility index (Phi) is 7.95. The third-order valence-corrected chi connectivity index (χ3v) is 14.9. The van der Waals surface area contributed by atoms with E-state index in [-0.39, 0.29) is 10.8 Å². The van der Waals surface area contributed by atoms with Gasteiger partial charge in [-0.25, -0.2) is 0 Å². The van der Waals surface area contributed by atoms with Gasteiger partial charge in [0.25, 0.3) is 0 Å². The van der Waals surface area contributed by atoms with Gasteiger partial charge in [-0.3, -0.25) is 0 Å². The molecule has 1 heterocycles. The number of hydrogen-bond acceptors (Lipinski definition) is 2. The van der Waals surface area contributed by atoms with Crippen LogP contribution in [0.4, 0.5) is 17.1 Å². The van der Waals surface area contributed by atoms with Crippen LogP contribution in [0.2, 0.25) is 0 Å². The molecule has 0 saturated heterocycles. The molecule has 9 aromatic carbocycles. The first-order valence-electron chi connectivity index (χ1n) is 21.3. The number of rotatable bonds is 6. The van der Waals surface area contributed by atoms with E-state index in [4.69, 9.17) is 0 Å². The van der Waals surface area contributed by atoms with Crippen molar-refractivity contribution in [2.45, 2.75) is 31.6 Å². The highest BCUT2D eigenvalue weighted by Gasteiger charge is 2.41. The summed E-state index contributed by atoms with van der Waals surface area (Å²) in [6.07, 6.45) is 0. The highest BCUT2D eigenvalue weighted by molar-refractivity contribution is 7.25. The molecule has 1 aromatic heterocycles. The van der Waals surface area contributed by atoms with E-state index in [1.165, 1.54) is 92.5 Å². The van der Waals surface area contributed by atoms with Gasteiger partial charge >= 0.3 is 0 Å². The zero-order valence-corrected chi connectivity index (χ0v) is 35.3. The molecule has 290 valence electrons. The average Bonchev–Trinajstić information content (AvgIpc) is 3.90. The van der Waals surface area contributed by atoms with Crippen molar-refractivity contribution >= 4 is 48.6 Å². The van der Waals surface area contributed by atoms with Crippen LogP contribution >= 0.6 is 11.3 Å². The summed E-state index contributed by atoms with van der Waals surface area (Å²) in [7, 11) is 0. The summed E-state index contributed by atoms with van der Waals surface area (Å²) >= 11 is 1.87. The van der Waals surface area contributed by atoms with E-state index in [1.807, 2.05) is 11.3 Å². The summed E-state index contributed by atoms with van der Waals surface area (Å²) in [5.74, 6) is 0. The SMILES string of the molecule is CC1(C)c2ccccc2-c2cccc(-c3ccc(N(c4ccc(-c5ccc6sc7ccccc7c6c5)cc4)c4ccc5c(c4)C(C)(c4ccccc4)c4ccccc4-5)cc3)c21. The highest BCUT2D eigenvalue weighted by Crippen LogP contribution is 2.55. The summed E-state index contributed by atoms with van der Waals surface area (Å²) in [5, 5.41) is 2.64. The van der Waals surface area contributed by atoms with Crippen molar-refractivity contribution in [3.63, 3.8) is 0 Å². The summed E-state index contributed by atoms with van der Waals surface area (Å²) in [4.78, 5) is 2.44. The quantitative estimate of drug-likeness (QED) is 0.162. The molecule has 10 aromatic rings. The number of hydrogen-bond donors (Lipinski definition) is 0. The maximum Gasteiger partial charge on any atom is 0.0465 e. The molecule has 2 aliphatic carbocycles. The summed E-state index contributed by atoms with van der Waals surface area (Å²) in [6, 6.07) is 76.9. The topological polar surface area (TPSA) is 3.24 Å². The van der Waals surface area contributed by atoms with Crippen molar-refractivity contribution in [1.82, 2.24) is 0 Å². The minimum atomic E-state index is -0.300. The van der Waals surface area contributed by atoms with Crippen LogP contribution in [-0.2, 0) is 10.8 Å².